The van der Waals surface area contributed by atoms with Crippen molar-refractivity contribution >= 4 is 16.8 Å². The van der Waals surface area contributed by atoms with E-state index in [0.717, 1.165) is 10.9 Å². The maximum absolute atomic E-state index is 12.1. The number of hydrogen-bond acceptors (Lipinski definition) is 3. The van der Waals surface area contributed by atoms with Crippen LogP contribution >= 0.6 is 0 Å². The Balaban J connectivity index is 1.85. The Morgan fingerprint density at radius 3 is 2.95 bits per heavy atom. The Bertz CT molecular complexity index is 713. The molecule has 96 valence electrons. The Hall–Kier alpha value is -2.56. The molecule has 0 bridgehead atoms. The van der Waals surface area contributed by atoms with E-state index in [0.29, 0.717) is 18.0 Å². The third-order valence-electron chi connectivity index (χ3n) is 2.98. The first kappa shape index (κ1) is 11.5. The van der Waals surface area contributed by atoms with Crippen molar-refractivity contribution < 1.29 is 9.21 Å². The van der Waals surface area contributed by atoms with Crippen molar-refractivity contribution in [2.24, 2.45) is 7.05 Å². The predicted octanol–water partition coefficient (Wildman–Crippen LogP) is 2.10. The first-order chi connectivity index (χ1) is 9.25. The van der Waals surface area contributed by atoms with Gasteiger partial charge in [0.1, 0.15) is 5.76 Å². The van der Waals surface area contributed by atoms with Crippen molar-refractivity contribution in [3.63, 3.8) is 0 Å². The first-order valence-corrected chi connectivity index (χ1v) is 5.98. The summed E-state index contributed by atoms with van der Waals surface area (Å²) in [5.41, 5.74) is 1.37. The average molecular weight is 255 g/mol. The highest BCUT2D eigenvalue weighted by Gasteiger charge is 2.15. The smallest absolute Gasteiger partial charge is 0.272 e. The summed E-state index contributed by atoms with van der Waals surface area (Å²) in [5.74, 6) is 0.516. The summed E-state index contributed by atoms with van der Waals surface area (Å²) < 4.78 is 6.88. The fourth-order valence-corrected chi connectivity index (χ4v) is 2.05. The number of furan rings is 1. The summed E-state index contributed by atoms with van der Waals surface area (Å²) >= 11 is 0. The van der Waals surface area contributed by atoms with Gasteiger partial charge in [0.25, 0.3) is 5.91 Å². The number of fused-ring (bicyclic) bond motifs is 1. The van der Waals surface area contributed by atoms with Crippen molar-refractivity contribution in [3.05, 3.63) is 54.1 Å². The number of rotatable bonds is 3. The zero-order chi connectivity index (χ0) is 13.2. The summed E-state index contributed by atoms with van der Waals surface area (Å²) in [7, 11) is 1.83. The number of carbonyl (C=O) groups excluding carboxylic acids is 1. The van der Waals surface area contributed by atoms with Crippen molar-refractivity contribution in [1.82, 2.24) is 15.1 Å². The highest BCUT2D eigenvalue weighted by atomic mass is 16.3. The van der Waals surface area contributed by atoms with Crippen LogP contribution in [0.3, 0.4) is 0 Å². The number of aromatic nitrogens is 2. The molecule has 1 N–H and O–H groups in total. The molecule has 19 heavy (non-hydrogen) atoms. The van der Waals surface area contributed by atoms with Crippen LogP contribution in [-0.2, 0) is 13.6 Å². The van der Waals surface area contributed by atoms with Gasteiger partial charge in [-0.2, -0.15) is 5.10 Å². The molecule has 5 nitrogen and oxygen atoms in total. The lowest BCUT2D eigenvalue weighted by Gasteiger charge is -2.00. The monoisotopic (exact) mass is 255 g/mol. The van der Waals surface area contributed by atoms with E-state index in [1.165, 1.54) is 0 Å². The molecule has 5 heteroatoms. The molecule has 0 fully saturated rings. The highest BCUT2D eigenvalue weighted by molar-refractivity contribution is 6.04. The molecular weight excluding hydrogens is 242 g/mol. The van der Waals surface area contributed by atoms with Crippen molar-refractivity contribution in [3.8, 4) is 0 Å². The molecule has 3 aromatic rings. The molecular formula is C14H13N3O2. The summed E-state index contributed by atoms with van der Waals surface area (Å²) in [6.45, 7) is 0.358. The van der Waals surface area contributed by atoms with Gasteiger partial charge in [0.05, 0.1) is 18.3 Å². The number of aryl methyl sites for hydroxylation is 1. The second-order valence-corrected chi connectivity index (χ2v) is 4.25. The third-order valence-corrected chi connectivity index (χ3v) is 2.98. The number of benzene rings is 1. The van der Waals surface area contributed by atoms with Crippen molar-refractivity contribution in [1.29, 1.82) is 0 Å². The Labute approximate surface area is 109 Å². The fraction of sp³-hybridized carbons (Fsp3) is 0.143. The van der Waals surface area contributed by atoms with Gasteiger partial charge in [-0.05, 0) is 18.2 Å². The van der Waals surface area contributed by atoms with Crippen LogP contribution in [0.2, 0.25) is 0 Å². The summed E-state index contributed by atoms with van der Waals surface area (Å²) in [4.78, 5) is 12.1. The van der Waals surface area contributed by atoms with Gasteiger partial charge in [-0.15, -0.1) is 0 Å². The number of carbonyl (C=O) groups is 1. The minimum Gasteiger partial charge on any atom is -0.467 e. The fourth-order valence-electron chi connectivity index (χ4n) is 2.05. The molecule has 0 unspecified atom stereocenters. The molecule has 0 saturated carbocycles. The molecule has 1 aromatic carbocycles. The summed E-state index contributed by atoms with van der Waals surface area (Å²) in [5, 5.41) is 7.91. The minimum atomic E-state index is -0.201. The van der Waals surface area contributed by atoms with Gasteiger partial charge in [0.2, 0.25) is 0 Å². The van der Waals surface area contributed by atoms with E-state index in [4.69, 9.17) is 4.42 Å². The zero-order valence-corrected chi connectivity index (χ0v) is 10.5. The van der Waals surface area contributed by atoms with Crippen molar-refractivity contribution in [2.45, 2.75) is 6.54 Å². The number of nitrogens with zero attached hydrogens (tertiary/aromatic N) is 2. The lowest BCUT2D eigenvalue weighted by atomic mass is 10.2. The molecule has 1 amide bonds. The van der Waals surface area contributed by atoms with E-state index in [1.54, 1.807) is 17.0 Å². The molecule has 0 radical (unpaired) electrons. The maximum atomic E-state index is 12.1. The molecule has 0 aliphatic carbocycles. The van der Waals surface area contributed by atoms with Gasteiger partial charge < -0.3 is 9.73 Å². The molecule has 0 atom stereocenters. The van der Waals surface area contributed by atoms with Crippen LogP contribution in [0, 0.1) is 0 Å². The van der Waals surface area contributed by atoms with Gasteiger partial charge in [-0.1, -0.05) is 18.2 Å². The standard InChI is InChI=1S/C14H13N3O2/c1-17-12-7-3-2-6-11(12)13(16-17)14(18)15-9-10-5-4-8-19-10/h2-8H,9H2,1H3,(H,15,18). The van der Waals surface area contributed by atoms with E-state index in [2.05, 4.69) is 10.4 Å². The van der Waals surface area contributed by atoms with Crippen LogP contribution in [0.25, 0.3) is 10.9 Å². The molecule has 0 saturated heterocycles. The maximum Gasteiger partial charge on any atom is 0.272 e. The molecule has 3 rings (SSSR count). The van der Waals surface area contributed by atoms with Crippen LogP contribution in [-0.4, -0.2) is 15.7 Å². The number of nitrogens with one attached hydrogen (secondary N) is 1. The molecule has 2 heterocycles. The van der Waals surface area contributed by atoms with Crippen LogP contribution in [0.1, 0.15) is 16.2 Å². The van der Waals surface area contributed by atoms with Crippen LogP contribution < -0.4 is 5.32 Å². The molecule has 0 spiro atoms. The minimum absolute atomic E-state index is 0.201. The third kappa shape index (κ3) is 2.10. The second kappa shape index (κ2) is 4.61. The molecule has 2 aromatic heterocycles. The Kier molecular flexibility index (Phi) is 2.79. The van der Waals surface area contributed by atoms with Gasteiger partial charge in [0, 0.05) is 12.4 Å². The number of amides is 1. The molecule has 0 aliphatic heterocycles. The van der Waals surface area contributed by atoms with E-state index in [-0.39, 0.29) is 5.91 Å². The van der Waals surface area contributed by atoms with Crippen molar-refractivity contribution in [2.75, 3.05) is 0 Å². The number of para-hydroxylation sites is 1. The summed E-state index contributed by atoms with van der Waals surface area (Å²) in [6, 6.07) is 11.3. The topological polar surface area (TPSA) is 60.1 Å². The van der Waals surface area contributed by atoms with Gasteiger partial charge in [0.15, 0.2) is 5.69 Å². The van der Waals surface area contributed by atoms with Gasteiger partial charge >= 0.3 is 0 Å². The van der Waals surface area contributed by atoms with Crippen LogP contribution in [0.15, 0.2) is 47.1 Å². The first-order valence-electron chi connectivity index (χ1n) is 5.98. The Morgan fingerprint density at radius 1 is 1.32 bits per heavy atom. The lowest BCUT2D eigenvalue weighted by molar-refractivity contribution is 0.0944. The number of hydrogen-bond donors (Lipinski definition) is 1. The van der Waals surface area contributed by atoms with Gasteiger partial charge in [-0.3, -0.25) is 9.48 Å². The van der Waals surface area contributed by atoms with E-state index < -0.39 is 0 Å². The zero-order valence-electron chi connectivity index (χ0n) is 10.5. The quantitative estimate of drug-likeness (QED) is 0.779. The average Bonchev–Trinajstić information content (AvgIpc) is 3.05. The largest absolute Gasteiger partial charge is 0.467 e. The van der Waals surface area contributed by atoms with Crippen LogP contribution in [0.5, 0.6) is 0 Å². The van der Waals surface area contributed by atoms with E-state index in [1.807, 2.05) is 37.4 Å². The van der Waals surface area contributed by atoms with Crippen LogP contribution in [0.4, 0.5) is 0 Å². The lowest BCUT2D eigenvalue weighted by Crippen LogP contribution is -2.23. The highest BCUT2D eigenvalue weighted by Crippen LogP contribution is 2.17. The SMILES string of the molecule is Cn1nc(C(=O)NCc2ccco2)c2ccccc21. The van der Waals surface area contributed by atoms with Gasteiger partial charge in [-0.25, -0.2) is 0 Å². The predicted molar refractivity (Wildman–Crippen MR) is 70.6 cm³/mol. The van der Waals surface area contributed by atoms with E-state index >= 15 is 0 Å². The summed E-state index contributed by atoms with van der Waals surface area (Å²) in [6.07, 6.45) is 1.58. The Morgan fingerprint density at radius 2 is 2.16 bits per heavy atom. The molecule has 0 aliphatic rings. The second-order valence-electron chi connectivity index (χ2n) is 4.25. The normalized spacial score (nSPS) is 10.8. The van der Waals surface area contributed by atoms with E-state index in [9.17, 15) is 4.79 Å².